The van der Waals surface area contributed by atoms with Gasteiger partial charge in [0.15, 0.2) is 0 Å². The molecule has 7 nitrogen and oxygen atoms in total. The summed E-state index contributed by atoms with van der Waals surface area (Å²) in [5.74, 6) is 0.849. The minimum absolute atomic E-state index is 0.186. The highest BCUT2D eigenvalue weighted by Gasteiger charge is 2.32. The molecule has 5 rings (SSSR count). The number of likely N-dealkylation sites (tertiary alicyclic amines) is 1. The Balaban J connectivity index is 1.29. The molecule has 1 aromatic carbocycles. The fourth-order valence-corrected chi connectivity index (χ4v) is 5.78. The lowest BCUT2D eigenvalue weighted by Gasteiger charge is -2.43. The summed E-state index contributed by atoms with van der Waals surface area (Å²) >= 11 is 0. The minimum atomic E-state index is 0.186. The number of phenols is 1. The summed E-state index contributed by atoms with van der Waals surface area (Å²) in [6.45, 7) is 6.72. The van der Waals surface area contributed by atoms with Crippen molar-refractivity contribution in [1.29, 1.82) is 0 Å². The summed E-state index contributed by atoms with van der Waals surface area (Å²) < 4.78 is 0. The number of benzene rings is 1. The normalized spacial score (nSPS) is 22.2. The number of hydrogen-bond donors (Lipinski definition) is 5. The Labute approximate surface area is 190 Å². The zero-order valence-electron chi connectivity index (χ0n) is 18.8. The van der Waals surface area contributed by atoms with E-state index in [4.69, 9.17) is 11.5 Å². The van der Waals surface area contributed by atoms with E-state index in [1.807, 2.05) is 18.2 Å². The molecule has 172 valence electrons. The first-order valence-corrected chi connectivity index (χ1v) is 12.0. The van der Waals surface area contributed by atoms with E-state index in [1.54, 1.807) is 12.1 Å². The first-order valence-electron chi connectivity index (χ1n) is 12.0. The maximum absolute atomic E-state index is 10.2. The van der Waals surface area contributed by atoms with Crippen molar-refractivity contribution in [2.45, 2.75) is 50.7 Å². The van der Waals surface area contributed by atoms with Crippen molar-refractivity contribution in [3.63, 3.8) is 0 Å². The molecule has 1 aromatic heterocycles. The minimum Gasteiger partial charge on any atom is -0.507 e. The molecule has 2 saturated heterocycles. The molecule has 0 saturated carbocycles. The maximum Gasteiger partial charge on any atom is 0.124 e. The molecule has 3 aliphatic heterocycles. The number of aromatic hydroxyl groups is 1. The van der Waals surface area contributed by atoms with Crippen molar-refractivity contribution in [2.75, 3.05) is 38.5 Å². The number of nitrogens with one attached hydrogen (secondary N) is 2. The van der Waals surface area contributed by atoms with Gasteiger partial charge in [-0.15, -0.1) is 0 Å². The number of nitrogens with zero attached hydrogens (tertiary/aromatic N) is 2. The Kier molecular flexibility index (Phi) is 6.13. The van der Waals surface area contributed by atoms with Crippen molar-refractivity contribution in [2.24, 2.45) is 5.73 Å². The first-order chi connectivity index (χ1) is 15.6. The van der Waals surface area contributed by atoms with Crippen LogP contribution in [0.25, 0.3) is 11.8 Å². The number of phenolic OH excluding ortho intramolecular Hbond substituents is 1. The average molecular weight is 437 g/mol. The number of aromatic amines is 1. The predicted molar refractivity (Wildman–Crippen MR) is 130 cm³/mol. The number of nitrogen functional groups attached to an aromatic ring is 1. The van der Waals surface area contributed by atoms with Crippen molar-refractivity contribution in [3.8, 4) is 5.75 Å². The van der Waals surface area contributed by atoms with Crippen molar-refractivity contribution in [3.05, 3.63) is 46.6 Å². The topological polar surface area (TPSA) is 107 Å². The Morgan fingerprint density at radius 2 is 1.72 bits per heavy atom. The molecule has 0 atom stereocenters. The Hall–Kier alpha value is -2.48. The molecule has 3 aliphatic rings. The Morgan fingerprint density at radius 3 is 2.47 bits per heavy atom. The van der Waals surface area contributed by atoms with Gasteiger partial charge in [0.25, 0.3) is 0 Å². The summed E-state index contributed by atoms with van der Waals surface area (Å²) in [6, 6.07) is 8.56. The molecular formula is C25H36N6O. The molecule has 4 heterocycles. The number of rotatable bonds is 4. The van der Waals surface area contributed by atoms with Gasteiger partial charge in [-0.05, 0) is 75.6 Å². The molecule has 7 heteroatoms. The molecule has 0 spiro atoms. The number of para-hydroxylation sites is 1. The van der Waals surface area contributed by atoms with E-state index in [1.165, 1.54) is 50.0 Å². The van der Waals surface area contributed by atoms with Crippen LogP contribution in [0, 0.1) is 0 Å². The molecule has 0 unspecified atom stereocenters. The monoisotopic (exact) mass is 436 g/mol. The Morgan fingerprint density at radius 1 is 1.00 bits per heavy atom. The maximum atomic E-state index is 10.2. The van der Waals surface area contributed by atoms with Gasteiger partial charge in [0, 0.05) is 54.1 Å². The first kappa shape index (κ1) is 21.4. The highest BCUT2D eigenvalue weighted by atomic mass is 16.3. The van der Waals surface area contributed by atoms with E-state index in [0.717, 1.165) is 44.2 Å². The molecule has 2 fully saturated rings. The van der Waals surface area contributed by atoms with E-state index in [-0.39, 0.29) is 5.75 Å². The smallest absolute Gasteiger partial charge is 0.124 e. The fourth-order valence-electron chi connectivity index (χ4n) is 5.78. The van der Waals surface area contributed by atoms with Crippen LogP contribution in [0.3, 0.4) is 0 Å². The molecule has 32 heavy (non-hydrogen) atoms. The summed E-state index contributed by atoms with van der Waals surface area (Å²) in [7, 11) is 0. The van der Waals surface area contributed by atoms with Gasteiger partial charge in [-0.1, -0.05) is 12.1 Å². The van der Waals surface area contributed by atoms with Crippen LogP contribution in [0.4, 0.5) is 5.82 Å². The van der Waals surface area contributed by atoms with Crippen molar-refractivity contribution < 1.29 is 5.11 Å². The lowest BCUT2D eigenvalue weighted by molar-refractivity contribution is 0.0663. The lowest BCUT2D eigenvalue weighted by atomic mass is 9.95. The number of anilines is 1. The number of piperidine rings is 2. The molecule has 0 aliphatic carbocycles. The van der Waals surface area contributed by atoms with Gasteiger partial charge in [0.2, 0.25) is 0 Å². The highest BCUT2D eigenvalue weighted by molar-refractivity contribution is 5.86. The SMILES string of the molecule is N/C(=C\c1c(N)[nH]c2c1CN(C1CCN(C3CCNCC3)CC1)CC2)c1ccccc1O. The lowest BCUT2D eigenvalue weighted by Crippen LogP contribution is -2.51. The second-order valence-corrected chi connectivity index (χ2v) is 9.50. The molecule has 2 aromatic rings. The highest BCUT2D eigenvalue weighted by Crippen LogP contribution is 2.33. The van der Waals surface area contributed by atoms with Crippen LogP contribution in [0.15, 0.2) is 24.3 Å². The second-order valence-electron chi connectivity index (χ2n) is 9.50. The number of fused-ring (bicyclic) bond motifs is 1. The summed E-state index contributed by atoms with van der Waals surface area (Å²) in [6.07, 6.45) is 7.96. The average Bonchev–Trinajstić information content (AvgIpc) is 3.14. The summed E-state index contributed by atoms with van der Waals surface area (Å²) in [5.41, 5.74) is 17.3. The zero-order chi connectivity index (χ0) is 22.1. The second kappa shape index (κ2) is 9.17. The third kappa shape index (κ3) is 4.25. The van der Waals surface area contributed by atoms with Crippen LogP contribution in [-0.2, 0) is 13.0 Å². The molecular weight excluding hydrogens is 400 g/mol. The van der Waals surface area contributed by atoms with Gasteiger partial charge in [-0.2, -0.15) is 0 Å². The number of aromatic nitrogens is 1. The van der Waals surface area contributed by atoms with E-state index >= 15 is 0 Å². The molecule has 0 bridgehead atoms. The largest absolute Gasteiger partial charge is 0.507 e. The van der Waals surface area contributed by atoms with Gasteiger partial charge in [-0.3, -0.25) is 4.90 Å². The standard InChI is InChI=1S/C25H36N6O/c26-22(19-3-1-2-4-24(19)32)15-20-21-16-31(14-9-23(21)29-25(20)27)18-7-12-30(13-8-18)17-5-10-28-11-6-17/h1-4,15,17-18,28-29,32H,5-14,16,26-27H2/b22-15-. The van der Waals surface area contributed by atoms with Crippen molar-refractivity contribution >= 4 is 17.6 Å². The quantitative estimate of drug-likeness (QED) is 0.504. The van der Waals surface area contributed by atoms with Crippen LogP contribution in [0.5, 0.6) is 5.75 Å². The number of nitrogens with two attached hydrogens (primary N) is 2. The zero-order valence-corrected chi connectivity index (χ0v) is 18.8. The van der Waals surface area contributed by atoms with Gasteiger partial charge in [0.05, 0.1) is 0 Å². The molecule has 0 radical (unpaired) electrons. The van der Waals surface area contributed by atoms with E-state index < -0.39 is 0 Å². The molecule has 0 amide bonds. The van der Waals surface area contributed by atoms with E-state index in [0.29, 0.717) is 23.1 Å². The number of hydrogen-bond acceptors (Lipinski definition) is 6. The molecule has 7 N–H and O–H groups in total. The van der Waals surface area contributed by atoms with Crippen LogP contribution < -0.4 is 16.8 Å². The van der Waals surface area contributed by atoms with E-state index in [2.05, 4.69) is 20.1 Å². The Bertz CT molecular complexity index is 969. The number of H-pyrrole nitrogens is 1. The van der Waals surface area contributed by atoms with Crippen LogP contribution in [-0.4, -0.2) is 64.7 Å². The van der Waals surface area contributed by atoms with Gasteiger partial charge in [0.1, 0.15) is 11.6 Å². The van der Waals surface area contributed by atoms with Crippen molar-refractivity contribution in [1.82, 2.24) is 20.1 Å². The third-order valence-corrected chi connectivity index (χ3v) is 7.63. The van der Waals surface area contributed by atoms with Crippen LogP contribution in [0.1, 0.15) is 48.1 Å². The van der Waals surface area contributed by atoms with Gasteiger partial charge in [-0.25, -0.2) is 0 Å². The van der Waals surface area contributed by atoms with Gasteiger partial charge >= 0.3 is 0 Å². The van der Waals surface area contributed by atoms with Gasteiger partial charge < -0.3 is 31.8 Å². The third-order valence-electron chi connectivity index (χ3n) is 7.63. The summed E-state index contributed by atoms with van der Waals surface area (Å²) in [5, 5.41) is 13.7. The van der Waals surface area contributed by atoms with E-state index in [9.17, 15) is 5.11 Å². The fraction of sp³-hybridized carbons (Fsp3) is 0.520. The van der Waals surface area contributed by atoms with Crippen LogP contribution in [0.2, 0.25) is 0 Å². The summed E-state index contributed by atoms with van der Waals surface area (Å²) in [4.78, 5) is 8.75. The van der Waals surface area contributed by atoms with Crippen LogP contribution >= 0.6 is 0 Å². The predicted octanol–water partition coefficient (Wildman–Crippen LogP) is 2.33.